The van der Waals surface area contributed by atoms with E-state index in [9.17, 15) is 0 Å². The van der Waals surface area contributed by atoms with Gasteiger partial charge in [-0.1, -0.05) is 62.7 Å². The van der Waals surface area contributed by atoms with Gasteiger partial charge in [-0.05, 0) is 43.2 Å². The summed E-state index contributed by atoms with van der Waals surface area (Å²) in [5.41, 5.74) is 10.1. The van der Waals surface area contributed by atoms with E-state index in [1.54, 1.807) is 0 Å². The Kier molecular flexibility index (Phi) is 11.6. The molecule has 3 heterocycles. The number of nitrogens with zero attached hydrogens (tertiary/aromatic N) is 2. The zero-order valence-corrected chi connectivity index (χ0v) is 27.5. The number of aromatic nitrogens is 2. The number of hydrogen-bond acceptors (Lipinski definition) is 1. The first kappa shape index (κ1) is 31.2. The Balaban J connectivity index is 0.000000205. The van der Waals surface area contributed by atoms with Gasteiger partial charge in [0.2, 0.25) is 0 Å². The van der Waals surface area contributed by atoms with Crippen LogP contribution in [0.1, 0.15) is 44.5 Å². The molecule has 194 valence electrons. The van der Waals surface area contributed by atoms with Crippen LogP contribution in [0.2, 0.25) is 0 Å². The average Bonchev–Trinajstić information content (AvgIpc) is 3.01. The molecule has 0 saturated carbocycles. The molecule has 40 heavy (non-hydrogen) atoms. The minimum Gasteiger partial charge on any atom is -0.343 e. The fourth-order valence-corrected chi connectivity index (χ4v) is 4.80. The first-order valence-electron chi connectivity index (χ1n) is 13.4. The van der Waals surface area contributed by atoms with Crippen molar-refractivity contribution >= 4 is 45.5 Å². The standard InChI is InChI=1S/C18H11N2.C16H16N.C2H6.Sr/c19-13-14-5-4-8-16(11-14)17-9-10-20-18(12-17)15-6-2-1-3-7-15;1-11-7-6-10-16-15-9-5-4-8-14(15)12(2)13(3)17(11)16;1-2;/h1-6,8-12H;4-10H,1-3H3;1-2H3;/q2*-1;;+2/p+1. The molecule has 0 amide bonds. The summed E-state index contributed by atoms with van der Waals surface area (Å²) < 4.78 is 2.34. The summed E-state index contributed by atoms with van der Waals surface area (Å²) in [6.45, 7) is 10.6. The van der Waals surface area contributed by atoms with Gasteiger partial charge >= 0.3 is 45.5 Å². The SMILES string of the molecule is CC.Cc1cccc2[n+]1[C-](C)[C-](C)c1ccccc1-2.N#Cc1cccc(-c2cc[nH+]c(-c3[c-]cccc3)c2)c1.[Sr+2]. The van der Waals surface area contributed by atoms with Crippen molar-refractivity contribution < 1.29 is 9.55 Å². The van der Waals surface area contributed by atoms with Crippen LogP contribution in [0.3, 0.4) is 0 Å². The van der Waals surface area contributed by atoms with Crippen molar-refractivity contribution in [3.63, 3.8) is 0 Å². The first-order chi connectivity index (χ1) is 19.1. The molecule has 0 bridgehead atoms. The van der Waals surface area contributed by atoms with Crippen LogP contribution < -0.4 is 9.55 Å². The van der Waals surface area contributed by atoms with E-state index in [-0.39, 0.29) is 45.5 Å². The number of H-pyrrole nitrogens is 1. The third-order valence-electron chi connectivity index (χ3n) is 6.80. The predicted molar refractivity (Wildman–Crippen MR) is 164 cm³/mol. The van der Waals surface area contributed by atoms with Gasteiger partial charge in [-0.25, -0.2) is 0 Å². The van der Waals surface area contributed by atoms with E-state index in [0.717, 1.165) is 22.4 Å². The number of fused-ring (bicyclic) bond motifs is 3. The van der Waals surface area contributed by atoms with Crippen molar-refractivity contribution in [3.05, 3.63) is 144 Å². The van der Waals surface area contributed by atoms with Gasteiger partial charge in [0.25, 0.3) is 0 Å². The quantitative estimate of drug-likeness (QED) is 0.119. The summed E-state index contributed by atoms with van der Waals surface area (Å²) in [6.07, 6.45) is 1.91. The van der Waals surface area contributed by atoms with E-state index in [0.29, 0.717) is 5.56 Å². The van der Waals surface area contributed by atoms with Crippen LogP contribution in [0, 0.1) is 36.3 Å². The molecule has 0 radical (unpaired) electrons. The van der Waals surface area contributed by atoms with Gasteiger partial charge in [-0.3, -0.25) is 4.98 Å². The summed E-state index contributed by atoms with van der Waals surface area (Å²) in [5, 5.41) is 8.98. The minimum atomic E-state index is 0. The van der Waals surface area contributed by atoms with E-state index in [1.165, 1.54) is 34.5 Å². The number of nitriles is 1. The van der Waals surface area contributed by atoms with Gasteiger partial charge < -0.3 is 4.57 Å². The molecule has 6 rings (SSSR count). The first-order valence-corrected chi connectivity index (χ1v) is 13.4. The van der Waals surface area contributed by atoms with E-state index in [2.05, 4.69) is 91.0 Å². The molecule has 0 unspecified atom stereocenters. The van der Waals surface area contributed by atoms with Crippen LogP contribution in [-0.4, -0.2) is 45.5 Å². The average molecular weight is 596 g/mol. The molecule has 0 spiro atoms. The van der Waals surface area contributed by atoms with E-state index in [4.69, 9.17) is 5.26 Å². The molecule has 1 N–H and O–H groups in total. The molecule has 5 aromatic rings. The Morgan fingerprint density at radius 3 is 2.30 bits per heavy atom. The molecule has 1 aliphatic rings. The molecular weight excluding hydrogens is 562 g/mol. The summed E-state index contributed by atoms with van der Waals surface area (Å²) in [7, 11) is 0. The fourth-order valence-electron chi connectivity index (χ4n) is 4.80. The van der Waals surface area contributed by atoms with Crippen molar-refractivity contribution in [2.24, 2.45) is 0 Å². The third-order valence-corrected chi connectivity index (χ3v) is 6.80. The zero-order chi connectivity index (χ0) is 27.8. The maximum atomic E-state index is 8.98. The number of benzene rings is 3. The monoisotopic (exact) mass is 596 g/mol. The number of aromatic amines is 1. The van der Waals surface area contributed by atoms with Gasteiger partial charge in [0.15, 0.2) is 6.20 Å². The second kappa shape index (κ2) is 14.9. The summed E-state index contributed by atoms with van der Waals surface area (Å²) >= 11 is 0. The number of aryl methyl sites for hydroxylation is 1. The molecule has 4 heteroatoms. The Morgan fingerprint density at radius 1 is 0.825 bits per heavy atom. The second-order valence-corrected chi connectivity index (χ2v) is 9.10. The van der Waals surface area contributed by atoms with Gasteiger partial charge in [0.1, 0.15) is 5.69 Å². The number of nitrogens with one attached hydrogen (secondary N) is 1. The number of pyridine rings is 2. The molecule has 2 aromatic heterocycles. The number of rotatable bonds is 2. The largest absolute Gasteiger partial charge is 2.00 e. The van der Waals surface area contributed by atoms with Gasteiger partial charge in [-0.2, -0.15) is 16.9 Å². The maximum Gasteiger partial charge on any atom is 2.00 e. The number of hydrogen-bond donors (Lipinski definition) is 0. The smallest absolute Gasteiger partial charge is 0.343 e. The summed E-state index contributed by atoms with van der Waals surface area (Å²) in [4.78, 5) is 3.23. The van der Waals surface area contributed by atoms with Crippen LogP contribution in [0.25, 0.3) is 33.6 Å². The van der Waals surface area contributed by atoms with Crippen LogP contribution >= 0.6 is 0 Å². The molecule has 0 atom stereocenters. The third kappa shape index (κ3) is 6.86. The van der Waals surface area contributed by atoms with Crippen molar-refractivity contribution in [3.8, 4) is 39.7 Å². The summed E-state index contributed by atoms with van der Waals surface area (Å²) in [6, 6.07) is 41.4. The van der Waals surface area contributed by atoms with Crippen molar-refractivity contribution in [2.45, 2.75) is 34.6 Å². The summed E-state index contributed by atoms with van der Waals surface area (Å²) in [5.74, 6) is 1.37. The van der Waals surface area contributed by atoms with Crippen molar-refractivity contribution in [2.75, 3.05) is 0 Å². The van der Waals surface area contributed by atoms with Crippen LogP contribution in [0.5, 0.6) is 0 Å². The van der Waals surface area contributed by atoms with E-state index < -0.39 is 0 Å². The topological polar surface area (TPSA) is 41.8 Å². The zero-order valence-electron chi connectivity index (χ0n) is 24.0. The van der Waals surface area contributed by atoms with Crippen molar-refractivity contribution in [1.82, 2.24) is 0 Å². The van der Waals surface area contributed by atoms with E-state index >= 15 is 0 Å². The van der Waals surface area contributed by atoms with Crippen LogP contribution in [0.4, 0.5) is 0 Å². The molecule has 1 aliphatic heterocycles. The maximum absolute atomic E-state index is 8.98. The molecule has 3 nitrogen and oxygen atoms in total. The van der Waals surface area contributed by atoms with E-state index in [1.807, 2.05) is 74.6 Å². The predicted octanol–water partition coefficient (Wildman–Crippen LogP) is 7.46. The van der Waals surface area contributed by atoms with Crippen LogP contribution in [0.15, 0.2) is 109 Å². The fraction of sp³-hybridized carbons (Fsp3) is 0.139. The Morgan fingerprint density at radius 2 is 1.55 bits per heavy atom. The van der Waals surface area contributed by atoms with Gasteiger partial charge in [0, 0.05) is 12.1 Å². The normalized spacial score (nSPS) is 10.8. The molecular formula is C36H34N3Sr+. The van der Waals surface area contributed by atoms with Crippen LogP contribution in [-0.2, 0) is 0 Å². The van der Waals surface area contributed by atoms with Crippen molar-refractivity contribution in [1.29, 1.82) is 5.26 Å². The van der Waals surface area contributed by atoms with Gasteiger partial charge in [-0.15, -0.1) is 53.9 Å². The minimum absolute atomic E-state index is 0. The second-order valence-electron chi connectivity index (χ2n) is 9.10. The molecule has 0 fully saturated rings. The van der Waals surface area contributed by atoms with Gasteiger partial charge in [0.05, 0.1) is 23.0 Å². The Bertz CT molecular complexity index is 1590. The molecule has 0 saturated heterocycles. The molecule has 0 aliphatic carbocycles. The molecule has 3 aromatic carbocycles. The Labute approximate surface area is 276 Å². The Hall–Kier alpha value is -3.33.